The van der Waals surface area contributed by atoms with E-state index in [0.717, 1.165) is 24.2 Å². The van der Waals surface area contributed by atoms with Crippen LogP contribution in [0.1, 0.15) is 33.1 Å². The first-order chi connectivity index (χ1) is 14.4. The Morgan fingerprint density at radius 2 is 1.70 bits per heavy atom. The topological polar surface area (TPSA) is 102 Å². The summed E-state index contributed by atoms with van der Waals surface area (Å²) in [6.45, 7) is 3.41. The summed E-state index contributed by atoms with van der Waals surface area (Å²) in [6, 6.07) is 5.78. The number of esters is 1. The van der Waals surface area contributed by atoms with Crippen LogP contribution in [0.25, 0.3) is 0 Å². The second-order valence-electron chi connectivity index (χ2n) is 8.22. The summed E-state index contributed by atoms with van der Waals surface area (Å²) in [5, 5.41) is 2.63. The summed E-state index contributed by atoms with van der Waals surface area (Å²) in [7, 11) is 0. The summed E-state index contributed by atoms with van der Waals surface area (Å²) < 4.78 is 10.4. The van der Waals surface area contributed by atoms with E-state index in [2.05, 4.69) is 5.32 Å². The minimum atomic E-state index is -1.03. The molecule has 0 spiro atoms. The molecule has 8 nitrogen and oxygen atoms in total. The van der Waals surface area contributed by atoms with Gasteiger partial charge in [-0.2, -0.15) is 0 Å². The van der Waals surface area contributed by atoms with Gasteiger partial charge in [-0.05, 0) is 69.2 Å². The molecule has 8 heteroatoms. The van der Waals surface area contributed by atoms with Gasteiger partial charge in [-0.25, -0.2) is 4.79 Å². The van der Waals surface area contributed by atoms with Crippen LogP contribution in [-0.2, 0) is 23.9 Å². The van der Waals surface area contributed by atoms with Crippen molar-refractivity contribution in [1.82, 2.24) is 4.90 Å². The molecule has 3 aliphatic rings. The molecule has 1 aromatic rings. The van der Waals surface area contributed by atoms with Crippen molar-refractivity contribution in [3.05, 3.63) is 24.3 Å². The SMILES string of the molecule is CCOc1ccc(NC(=O)COC(=O)[C@H](C)N2C(=O)[C@@H]3[C@H]4CC[C@@H](C4)[C@@H]3C2=O)cc1. The molecule has 2 aliphatic carbocycles. The molecule has 1 aromatic carbocycles. The molecule has 3 fully saturated rings. The first kappa shape index (κ1) is 20.4. The Kier molecular flexibility index (Phi) is 5.49. The maximum absolute atomic E-state index is 12.8. The molecule has 0 radical (unpaired) electrons. The lowest BCUT2D eigenvalue weighted by Gasteiger charge is -2.23. The lowest BCUT2D eigenvalue weighted by atomic mass is 9.81. The van der Waals surface area contributed by atoms with Crippen molar-refractivity contribution in [3.8, 4) is 5.75 Å². The van der Waals surface area contributed by atoms with Crippen molar-refractivity contribution in [2.75, 3.05) is 18.5 Å². The Balaban J connectivity index is 1.30. The van der Waals surface area contributed by atoms with Gasteiger partial charge in [0.05, 0.1) is 18.4 Å². The molecule has 160 valence electrons. The van der Waals surface area contributed by atoms with E-state index in [-0.39, 0.29) is 35.5 Å². The predicted octanol–water partition coefficient (Wildman–Crippen LogP) is 1.99. The van der Waals surface area contributed by atoms with E-state index in [1.165, 1.54) is 6.92 Å². The fraction of sp³-hybridized carbons (Fsp3) is 0.545. The zero-order chi connectivity index (χ0) is 21.4. The number of amides is 3. The van der Waals surface area contributed by atoms with Crippen LogP contribution in [0.4, 0.5) is 5.69 Å². The lowest BCUT2D eigenvalue weighted by Crippen LogP contribution is -2.45. The van der Waals surface area contributed by atoms with Crippen LogP contribution < -0.4 is 10.1 Å². The largest absolute Gasteiger partial charge is 0.494 e. The fourth-order valence-corrected chi connectivity index (χ4v) is 5.17. The van der Waals surface area contributed by atoms with Gasteiger partial charge in [-0.1, -0.05) is 0 Å². The summed E-state index contributed by atoms with van der Waals surface area (Å²) >= 11 is 0. The van der Waals surface area contributed by atoms with Gasteiger partial charge >= 0.3 is 5.97 Å². The molecule has 30 heavy (non-hydrogen) atoms. The Labute approximate surface area is 174 Å². The number of likely N-dealkylation sites (tertiary alicyclic amines) is 1. The molecule has 0 aromatic heterocycles. The Hall–Kier alpha value is -2.90. The molecule has 1 saturated heterocycles. The standard InChI is InChI=1S/C22H26N2O6/c1-3-29-16-8-6-15(7-9-16)23-17(25)11-30-22(28)12(2)24-20(26)18-13-4-5-14(10-13)19(18)21(24)27/h6-9,12-14,18-19H,3-5,10-11H2,1-2H3,(H,23,25)/t12-,13-,14-,18-,19+/m0/s1. The van der Waals surface area contributed by atoms with E-state index in [0.29, 0.717) is 18.0 Å². The molecule has 0 unspecified atom stereocenters. The van der Waals surface area contributed by atoms with Crippen molar-refractivity contribution in [2.45, 2.75) is 39.2 Å². The highest BCUT2D eigenvalue weighted by Crippen LogP contribution is 2.56. The monoisotopic (exact) mass is 414 g/mol. The van der Waals surface area contributed by atoms with Gasteiger partial charge in [-0.15, -0.1) is 0 Å². The zero-order valence-corrected chi connectivity index (χ0v) is 17.1. The second-order valence-corrected chi connectivity index (χ2v) is 8.22. The van der Waals surface area contributed by atoms with Crippen LogP contribution in [0.2, 0.25) is 0 Å². The molecule has 5 atom stereocenters. The summed E-state index contributed by atoms with van der Waals surface area (Å²) in [5.41, 5.74) is 0.542. The minimum Gasteiger partial charge on any atom is -0.494 e. The van der Waals surface area contributed by atoms with Crippen LogP contribution >= 0.6 is 0 Å². The third-order valence-corrected chi connectivity index (χ3v) is 6.48. The van der Waals surface area contributed by atoms with E-state index >= 15 is 0 Å². The lowest BCUT2D eigenvalue weighted by molar-refractivity contribution is -0.159. The molecule has 1 heterocycles. The number of carbonyl (C=O) groups excluding carboxylic acids is 4. The Bertz CT molecular complexity index is 839. The third-order valence-electron chi connectivity index (χ3n) is 6.48. The maximum Gasteiger partial charge on any atom is 0.329 e. The third kappa shape index (κ3) is 3.55. The Morgan fingerprint density at radius 3 is 2.27 bits per heavy atom. The molecule has 2 saturated carbocycles. The van der Waals surface area contributed by atoms with E-state index in [1.807, 2.05) is 6.92 Å². The first-order valence-electron chi connectivity index (χ1n) is 10.5. The van der Waals surface area contributed by atoms with Crippen molar-refractivity contribution in [1.29, 1.82) is 0 Å². The number of nitrogens with zero attached hydrogens (tertiary/aromatic N) is 1. The smallest absolute Gasteiger partial charge is 0.329 e. The van der Waals surface area contributed by atoms with Crippen molar-refractivity contribution >= 4 is 29.4 Å². The minimum absolute atomic E-state index is 0.254. The molecule has 1 N–H and O–H groups in total. The molecule has 4 rings (SSSR count). The maximum atomic E-state index is 12.8. The van der Waals surface area contributed by atoms with Crippen LogP contribution in [0.3, 0.4) is 0 Å². The van der Waals surface area contributed by atoms with Crippen LogP contribution in [0.15, 0.2) is 24.3 Å². The number of nitrogens with one attached hydrogen (secondary N) is 1. The predicted molar refractivity (Wildman–Crippen MR) is 106 cm³/mol. The summed E-state index contributed by atoms with van der Waals surface area (Å²) in [4.78, 5) is 51.2. The summed E-state index contributed by atoms with van der Waals surface area (Å²) in [5.74, 6) is -1.16. The number of imide groups is 1. The number of hydrogen-bond donors (Lipinski definition) is 1. The number of hydrogen-bond acceptors (Lipinski definition) is 6. The number of ether oxygens (including phenoxy) is 2. The van der Waals surface area contributed by atoms with Gasteiger partial charge in [0.1, 0.15) is 11.8 Å². The second kappa shape index (κ2) is 8.08. The molecule has 2 bridgehead atoms. The normalized spacial score (nSPS) is 27.7. The highest BCUT2D eigenvalue weighted by Gasteiger charge is 2.62. The van der Waals surface area contributed by atoms with Crippen LogP contribution in [0.5, 0.6) is 5.75 Å². The number of anilines is 1. The van der Waals surface area contributed by atoms with E-state index in [4.69, 9.17) is 9.47 Å². The highest BCUT2D eigenvalue weighted by molar-refractivity contribution is 6.08. The summed E-state index contributed by atoms with van der Waals surface area (Å²) in [6.07, 6.45) is 2.89. The van der Waals surface area contributed by atoms with Gasteiger partial charge in [0.25, 0.3) is 5.91 Å². The van der Waals surface area contributed by atoms with Crippen molar-refractivity contribution in [3.63, 3.8) is 0 Å². The average molecular weight is 414 g/mol. The quantitative estimate of drug-likeness (QED) is 0.541. The number of fused-ring (bicyclic) bond motifs is 5. The van der Waals surface area contributed by atoms with E-state index < -0.39 is 24.5 Å². The van der Waals surface area contributed by atoms with E-state index in [9.17, 15) is 19.2 Å². The Morgan fingerprint density at radius 1 is 1.10 bits per heavy atom. The molecule has 1 aliphatic heterocycles. The highest BCUT2D eigenvalue weighted by atomic mass is 16.5. The fourth-order valence-electron chi connectivity index (χ4n) is 5.17. The van der Waals surface area contributed by atoms with E-state index in [1.54, 1.807) is 24.3 Å². The van der Waals surface area contributed by atoms with Gasteiger partial charge in [0.15, 0.2) is 6.61 Å². The number of benzene rings is 1. The average Bonchev–Trinajstić information content (AvgIpc) is 3.41. The first-order valence-corrected chi connectivity index (χ1v) is 10.5. The van der Waals surface area contributed by atoms with Crippen LogP contribution in [0, 0.1) is 23.7 Å². The molecular formula is C22H26N2O6. The van der Waals surface area contributed by atoms with Gasteiger partial charge in [-0.3, -0.25) is 19.3 Å². The van der Waals surface area contributed by atoms with Gasteiger partial charge in [0.2, 0.25) is 11.8 Å². The molecular weight excluding hydrogens is 388 g/mol. The number of carbonyl (C=O) groups is 4. The van der Waals surface area contributed by atoms with Gasteiger partial charge < -0.3 is 14.8 Å². The zero-order valence-electron chi connectivity index (χ0n) is 17.1. The van der Waals surface area contributed by atoms with Gasteiger partial charge in [0, 0.05) is 5.69 Å². The number of rotatable bonds is 7. The van der Waals surface area contributed by atoms with Crippen molar-refractivity contribution < 1.29 is 28.7 Å². The van der Waals surface area contributed by atoms with Crippen LogP contribution in [-0.4, -0.2) is 47.8 Å². The molecule has 3 amide bonds. The van der Waals surface area contributed by atoms with Crippen molar-refractivity contribution in [2.24, 2.45) is 23.7 Å².